The lowest BCUT2D eigenvalue weighted by atomic mass is 10.2. The van der Waals surface area contributed by atoms with Gasteiger partial charge in [-0.1, -0.05) is 38.3 Å². The van der Waals surface area contributed by atoms with Crippen molar-refractivity contribution in [3.63, 3.8) is 0 Å². The number of benzene rings is 1. The van der Waals surface area contributed by atoms with Gasteiger partial charge in [0.1, 0.15) is 0 Å². The van der Waals surface area contributed by atoms with Gasteiger partial charge in [0.15, 0.2) is 0 Å². The summed E-state index contributed by atoms with van der Waals surface area (Å²) in [7, 11) is 0. The van der Waals surface area contributed by atoms with Gasteiger partial charge in [-0.25, -0.2) is 0 Å². The Kier molecular flexibility index (Phi) is 8.62. The highest BCUT2D eigenvalue weighted by Gasteiger charge is 2.13. The summed E-state index contributed by atoms with van der Waals surface area (Å²) in [6, 6.07) is 5.36. The van der Waals surface area contributed by atoms with Crippen LogP contribution in [0.15, 0.2) is 23.1 Å². The highest BCUT2D eigenvalue weighted by molar-refractivity contribution is 8.00. The number of anilines is 1. The first-order chi connectivity index (χ1) is 10.1. The maximum atomic E-state index is 12.4. The predicted molar refractivity (Wildman–Crippen MR) is 93.0 cm³/mol. The van der Waals surface area contributed by atoms with Crippen molar-refractivity contribution in [1.29, 1.82) is 0 Å². The lowest BCUT2D eigenvalue weighted by molar-refractivity contribution is -0.128. The van der Waals surface area contributed by atoms with E-state index in [0.717, 1.165) is 43.7 Å². The SMILES string of the molecule is CCCCN(CCCC)C(=O)CSc1cc(Cl)ccc1N. The number of amides is 1. The second-order valence-corrected chi connectivity index (χ2v) is 6.51. The summed E-state index contributed by atoms with van der Waals surface area (Å²) in [6.45, 7) is 5.98. The molecule has 0 radical (unpaired) electrons. The van der Waals surface area contributed by atoms with Crippen LogP contribution in [0, 0.1) is 0 Å². The minimum atomic E-state index is 0.182. The molecule has 0 aliphatic rings. The molecular formula is C16H25ClN2OS. The standard InChI is InChI=1S/C16H25ClN2OS/c1-3-5-9-19(10-6-4-2)16(20)12-21-15-11-13(17)7-8-14(15)18/h7-8,11H,3-6,9-10,12,18H2,1-2H3. The number of hydrogen-bond donors (Lipinski definition) is 1. The summed E-state index contributed by atoms with van der Waals surface area (Å²) in [6.07, 6.45) is 4.31. The molecule has 0 aliphatic carbocycles. The number of nitrogens with zero attached hydrogens (tertiary/aromatic N) is 1. The van der Waals surface area contributed by atoms with Crippen LogP contribution in [0.1, 0.15) is 39.5 Å². The van der Waals surface area contributed by atoms with Crippen molar-refractivity contribution >= 4 is 35.0 Å². The topological polar surface area (TPSA) is 46.3 Å². The second-order valence-electron chi connectivity index (χ2n) is 5.06. The number of unbranched alkanes of at least 4 members (excludes halogenated alkanes) is 2. The van der Waals surface area contributed by atoms with Gasteiger partial charge in [0.05, 0.1) is 5.75 Å². The maximum absolute atomic E-state index is 12.4. The van der Waals surface area contributed by atoms with Crippen molar-refractivity contribution in [2.24, 2.45) is 0 Å². The zero-order chi connectivity index (χ0) is 15.7. The third kappa shape index (κ3) is 6.62. The second kappa shape index (κ2) is 9.96. The molecule has 0 aliphatic heterocycles. The molecule has 0 bridgehead atoms. The first-order valence-corrected chi connectivity index (χ1v) is 8.90. The number of rotatable bonds is 9. The van der Waals surface area contributed by atoms with E-state index in [1.54, 1.807) is 12.1 Å². The Balaban J connectivity index is 2.57. The molecule has 0 atom stereocenters. The summed E-state index contributed by atoms with van der Waals surface area (Å²) in [5.41, 5.74) is 6.58. The molecule has 1 aromatic rings. The molecule has 118 valence electrons. The number of thioether (sulfide) groups is 1. The van der Waals surface area contributed by atoms with Crippen LogP contribution >= 0.6 is 23.4 Å². The number of carbonyl (C=O) groups excluding carboxylic acids is 1. The predicted octanol–water partition coefficient (Wildman–Crippen LogP) is 4.44. The zero-order valence-electron chi connectivity index (χ0n) is 12.9. The van der Waals surface area contributed by atoms with Crippen molar-refractivity contribution < 1.29 is 4.79 Å². The Morgan fingerprint density at radius 3 is 2.43 bits per heavy atom. The van der Waals surface area contributed by atoms with Crippen LogP contribution in [0.25, 0.3) is 0 Å². The Morgan fingerprint density at radius 1 is 1.24 bits per heavy atom. The van der Waals surface area contributed by atoms with Gasteiger partial charge in [-0.2, -0.15) is 0 Å². The van der Waals surface area contributed by atoms with Crippen LogP contribution in [0.2, 0.25) is 5.02 Å². The Hall–Kier alpha value is -0.870. The third-order valence-electron chi connectivity index (χ3n) is 3.24. The van der Waals surface area contributed by atoms with E-state index in [1.165, 1.54) is 11.8 Å². The average molecular weight is 329 g/mol. The molecule has 1 aromatic carbocycles. The number of halogens is 1. The Labute approximate surface area is 137 Å². The van der Waals surface area contributed by atoms with E-state index in [2.05, 4.69) is 13.8 Å². The van der Waals surface area contributed by atoms with Gasteiger partial charge < -0.3 is 10.6 Å². The van der Waals surface area contributed by atoms with Gasteiger partial charge in [-0.05, 0) is 31.0 Å². The van der Waals surface area contributed by atoms with Crippen molar-refractivity contribution in [2.45, 2.75) is 44.4 Å². The van der Waals surface area contributed by atoms with Crippen molar-refractivity contribution in [3.8, 4) is 0 Å². The molecule has 0 saturated heterocycles. The smallest absolute Gasteiger partial charge is 0.232 e. The van der Waals surface area contributed by atoms with E-state index in [9.17, 15) is 4.79 Å². The third-order valence-corrected chi connectivity index (χ3v) is 4.53. The fourth-order valence-electron chi connectivity index (χ4n) is 1.92. The summed E-state index contributed by atoms with van der Waals surface area (Å²) >= 11 is 7.43. The van der Waals surface area contributed by atoms with Crippen LogP contribution in [-0.2, 0) is 4.79 Å². The molecule has 1 rings (SSSR count). The Morgan fingerprint density at radius 2 is 1.86 bits per heavy atom. The number of nitrogens with two attached hydrogens (primary N) is 1. The molecule has 0 unspecified atom stereocenters. The largest absolute Gasteiger partial charge is 0.398 e. The number of hydrogen-bond acceptors (Lipinski definition) is 3. The van der Waals surface area contributed by atoms with Crippen molar-refractivity contribution in [2.75, 3.05) is 24.6 Å². The molecule has 3 nitrogen and oxygen atoms in total. The van der Waals surface area contributed by atoms with E-state index in [1.807, 2.05) is 11.0 Å². The fourth-order valence-corrected chi connectivity index (χ4v) is 3.07. The van der Waals surface area contributed by atoms with Gasteiger partial charge in [-0.3, -0.25) is 4.79 Å². The monoisotopic (exact) mass is 328 g/mol. The highest BCUT2D eigenvalue weighted by Crippen LogP contribution is 2.28. The molecule has 0 spiro atoms. The molecule has 5 heteroatoms. The summed E-state index contributed by atoms with van der Waals surface area (Å²) in [4.78, 5) is 15.2. The van der Waals surface area contributed by atoms with Gasteiger partial charge in [0, 0.05) is 28.7 Å². The maximum Gasteiger partial charge on any atom is 0.232 e. The molecule has 2 N–H and O–H groups in total. The van der Waals surface area contributed by atoms with Gasteiger partial charge in [-0.15, -0.1) is 11.8 Å². The summed E-state index contributed by atoms with van der Waals surface area (Å²) in [5, 5.41) is 0.646. The lowest BCUT2D eigenvalue weighted by Crippen LogP contribution is -2.34. The normalized spacial score (nSPS) is 10.6. The van der Waals surface area contributed by atoms with Gasteiger partial charge in [0.25, 0.3) is 0 Å². The fraction of sp³-hybridized carbons (Fsp3) is 0.562. The molecular weight excluding hydrogens is 304 g/mol. The van der Waals surface area contributed by atoms with Crippen LogP contribution < -0.4 is 5.73 Å². The van der Waals surface area contributed by atoms with Crippen LogP contribution in [-0.4, -0.2) is 29.6 Å². The first-order valence-electron chi connectivity index (χ1n) is 7.54. The summed E-state index contributed by atoms with van der Waals surface area (Å²) in [5.74, 6) is 0.596. The van der Waals surface area contributed by atoms with Crippen molar-refractivity contribution in [3.05, 3.63) is 23.2 Å². The molecule has 0 aromatic heterocycles. The van der Waals surface area contributed by atoms with E-state index in [4.69, 9.17) is 17.3 Å². The summed E-state index contributed by atoms with van der Waals surface area (Å²) < 4.78 is 0. The van der Waals surface area contributed by atoms with Gasteiger partial charge >= 0.3 is 0 Å². The highest BCUT2D eigenvalue weighted by atomic mass is 35.5. The zero-order valence-corrected chi connectivity index (χ0v) is 14.5. The van der Waals surface area contributed by atoms with Gasteiger partial charge in [0.2, 0.25) is 5.91 Å². The van der Waals surface area contributed by atoms with E-state index < -0.39 is 0 Å². The minimum Gasteiger partial charge on any atom is -0.398 e. The number of nitrogen functional groups attached to an aromatic ring is 1. The average Bonchev–Trinajstić information content (AvgIpc) is 2.48. The van der Waals surface area contributed by atoms with Crippen LogP contribution in [0.3, 0.4) is 0 Å². The van der Waals surface area contributed by atoms with Crippen LogP contribution in [0.5, 0.6) is 0 Å². The van der Waals surface area contributed by atoms with E-state index in [0.29, 0.717) is 16.5 Å². The quantitative estimate of drug-likeness (QED) is 0.538. The van der Waals surface area contributed by atoms with E-state index in [-0.39, 0.29) is 5.91 Å². The molecule has 0 fully saturated rings. The number of carbonyl (C=O) groups is 1. The molecule has 0 saturated carbocycles. The molecule has 0 heterocycles. The molecule has 21 heavy (non-hydrogen) atoms. The minimum absolute atomic E-state index is 0.182. The van der Waals surface area contributed by atoms with Crippen molar-refractivity contribution in [1.82, 2.24) is 4.90 Å². The van der Waals surface area contributed by atoms with E-state index >= 15 is 0 Å². The van der Waals surface area contributed by atoms with Crippen LogP contribution in [0.4, 0.5) is 5.69 Å². The Bertz CT molecular complexity index is 446. The first kappa shape index (κ1) is 18.2. The lowest BCUT2D eigenvalue weighted by Gasteiger charge is -2.22. The molecule has 1 amide bonds.